The van der Waals surface area contributed by atoms with Crippen LogP contribution in [-0.4, -0.2) is 35.0 Å². The first-order chi connectivity index (χ1) is 8.94. The van der Waals surface area contributed by atoms with Crippen molar-refractivity contribution in [1.29, 1.82) is 5.26 Å². The van der Waals surface area contributed by atoms with Gasteiger partial charge in [-0.05, 0) is 25.1 Å². The SMILES string of the molecule is COC(OC)C(C)NS(=O)(=O)c1cccc(C#N)c1. The highest BCUT2D eigenvalue weighted by molar-refractivity contribution is 7.89. The lowest BCUT2D eigenvalue weighted by atomic mass is 10.2. The molecular weight excluding hydrogens is 268 g/mol. The van der Waals surface area contributed by atoms with Gasteiger partial charge in [-0.25, -0.2) is 13.1 Å². The Hall–Kier alpha value is -1.46. The van der Waals surface area contributed by atoms with Crippen molar-refractivity contribution in [3.8, 4) is 6.07 Å². The summed E-state index contributed by atoms with van der Waals surface area (Å²) >= 11 is 0. The fourth-order valence-corrected chi connectivity index (χ4v) is 2.88. The van der Waals surface area contributed by atoms with Crippen molar-refractivity contribution < 1.29 is 17.9 Å². The Morgan fingerprint density at radius 2 is 1.95 bits per heavy atom. The normalized spacial score (nSPS) is 13.2. The Kier molecular flexibility index (Phi) is 5.44. The average molecular weight is 284 g/mol. The van der Waals surface area contributed by atoms with Crippen molar-refractivity contribution in [2.45, 2.75) is 24.2 Å². The van der Waals surface area contributed by atoms with E-state index < -0.39 is 22.4 Å². The molecule has 1 aromatic carbocycles. The smallest absolute Gasteiger partial charge is 0.241 e. The number of nitrogens with zero attached hydrogens (tertiary/aromatic N) is 1. The second-order valence-electron chi connectivity index (χ2n) is 3.89. The molecule has 0 amide bonds. The Morgan fingerprint density at radius 3 is 2.47 bits per heavy atom. The van der Waals surface area contributed by atoms with Crippen LogP contribution in [0.5, 0.6) is 0 Å². The standard InChI is InChI=1S/C12H16N2O4S/c1-9(12(17-2)18-3)14-19(15,16)11-6-4-5-10(7-11)8-13/h4-7,9,12,14H,1-3H3. The molecule has 0 aliphatic rings. The third-order valence-corrected chi connectivity index (χ3v) is 4.04. The van der Waals surface area contributed by atoms with E-state index in [2.05, 4.69) is 4.72 Å². The van der Waals surface area contributed by atoms with Crippen molar-refractivity contribution >= 4 is 10.0 Å². The number of methoxy groups -OCH3 is 2. The first kappa shape index (κ1) is 15.6. The molecule has 0 aliphatic carbocycles. The number of rotatable bonds is 6. The zero-order chi connectivity index (χ0) is 14.5. The molecule has 0 aliphatic heterocycles. The molecule has 1 N–H and O–H groups in total. The maximum Gasteiger partial charge on any atom is 0.241 e. The first-order valence-electron chi connectivity index (χ1n) is 5.52. The molecule has 0 heterocycles. The summed E-state index contributed by atoms with van der Waals surface area (Å²) in [5.74, 6) is 0. The maximum absolute atomic E-state index is 12.1. The van der Waals surface area contributed by atoms with Gasteiger partial charge in [0.1, 0.15) is 0 Å². The van der Waals surface area contributed by atoms with Gasteiger partial charge in [-0.3, -0.25) is 0 Å². The van der Waals surface area contributed by atoms with Crippen LogP contribution in [-0.2, 0) is 19.5 Å². The molecule has 6 nitrogen and oxygen atoms in total. The minimum absolute atomic E-state index is 0.0318. The van der Waals surface area contributed by atoms with Crippen LogP contribution in [0.4, 0.5) is 0 Å². The lowest BCUT2D eigenvalue weighted by Crippen LogP contribution is -2.42. The van der Waals surface area contributed by atoms with Crippen LogP contribution in [0.2, 0.25) is 0 Å². The fraction of sp³-hybridized carbons (Fsp3) is 0.417. The number of ether oxygens (including phenoxy) is 2. The minimum atomic E-state index is -3.72. The summed E-state index contributed by atoms with van der Waals surface area (Å²) in [5.41, 5.74) is 0.283. The largest absolute Gasteiger partial charge is 0.354 e. The molecule has 0 saturated carbocycles. The number of sulfonamides is 1. The van der Waals surface area contributed by atoms with Crippen molar-refractivity contribution in [1.82, 2.24) is 4.72 Å². The summed E-state index contributed by atoms with van der Waals surface area (Å²) in [7, 11) is -0.867. The molecule has 1 aromatic rings. The second kappa shape index (κ2) is 6.63. The van der Waals surface area contributed by atoms with E-state index >= 15 is 0 Å². The average Bonchev–Trinajstić information content (AvgIpc) is 2.39. The molecule has 0 saturated heterocycles. The van der Waals surface area contributed by atoms with Crippen LogP contribution in [0.25, 0.3) is 0 Å². The zero-order valence-electron chi connectivity index (χ0n) is 11.0. The first-order valence-corrected chi connectivity index (χ1v) is 7.01. The number of benzene rings is 1. The second-order valence-corrected chi connectivity index (χ2v) is 5.60. The number of nitriles is 1. The summed E-state index contributed by atoms with van der Waals surface area (Å²) in [6.45, 7) is 1.63. The van der Waals surface area contributed by atoms with Gasteiger partial charge in [0.25, 0.3) is 0 Å². The predicted octanol–water partition coefficient (Wildman–Crippen LogP) is 0.844. The summed E-state index contributed by atoms with van der Waals surface area (Å²) in [4.78, 5) is 0.0318. The molecule has 0 aromatic heterocycles. The Bertz CT molecular complexity index is 561. The maximum atomic E-state index is 12.1. The highest BCUT2D eigenvalue weighted by Gasteiger charge is 2.23. The minimum Gasteiger partial charge on any atom is -0.354 e. The van der Waals surface area contributed by atoms with E-state index in [1.807, 2.05) is 6.07 Å². The van der Waals surface area contributed by atoms with E-state index in [4.69, 9.17) is 14.7 Å². The van der Waals surface area contributed by atoms with E-state index in [0.29, 0.717) is 0 Å². The van der Waals surface area contributed by atoms with E-state index in [9.17, 15) is 8.42 Å². The molecule has 0 fully saturated rings. The van der Waals surface area contributed by atoms with Gasteiger partial charge >= 0.3 is 0 Å². The lowest BCUT2D eigenvalue weighted by Gasteiger charge is -2.22. The van der Waals surface area contributed by atoms with Gasteiger partial charge in [-0.2, -0.15) is 5.26 Å². The highest BCUT2D eigenvalue weighted by atomic mass is 32.2. The Labute approximate surface area is 113 Å². The molecule has 104 valence electrons. The molecule has 1 atom stereocenters. The van der Waals surface area contributed by atoms with E-state index in [-0.39, 0.29) is 10.5 Å². The molecule has 1 rings (SSSR count). The van der Waals surface area contributed by atoms with E-state index in [1.54, 1.807) is 6.92 Å². The summed E-state index contributed by atoms with van der Waals surface area (Å²) in [5, 5.41) is 8.77. The molecule has 0 bridgehead atoms. The van der Waals surface area contributed by atoms with Crippen molar-refractivity contribution in [3.63, 3.8) is 0 Å². The number of nitrogens with one attached hydrogen (secondary N) is 1. The molecular formula is C12H16N2O4S. The van der Waals surface area contributed by atoms with Gasteiger partial charge in [-0.15, -0.1) is 0 Å². The highest BCUT2D eigenvalue weighted by Crippen LogP contribution is 2.12. The predicted molar refractivity (Wildman–Crippen MR) is 68.7 cm³/mol. The quantitative estimate of drug-likeness (QED) is 0.782. The Balaban J connectivity index is 2.95. The lowest BCUT2D eigenvalue weighted by molar-refractivity contribution is -0.115. The van der Waals surface area contributed by atoms with Crippen LogP contribution in [0.1, 0.15) is 12.5 Å². The van der Waals surface area contributed by atoms with Crippen molar-refractivity contribution in [2.24, 2.45) is 0 Å². The monoisotopic (exact) mass is 284 g/mol. The van der Waals surface area contributed by atoms with Crippen LogP contribution in [0.3, 0.4) is 0 Å². The van der Waals surface area contributed by atoms with Crippen LogP contribution in [0, 0.1) is 11.3 Å². The van der Waals surface area contributed by atoms with Gasteiger partial charge in [-0.1, -0.05) is 6.07 Å². The van der Waals surface area contributed by atoms with Gasteiger partial charge in [0.2, 0.25) is 10.0 Å². The number of hydrogen-bond donors (Lipinski definition) is 1. The van der Waals surface area contributed by atoms with E-state index in [0.717, 1.165) is 0 Å². The van der Waals surface area contributed by atoms with Crippen molar-refractivity contribution in [3.05, 3.63) is 29.8 Å². The molecule has 7 heteroatoms. The third kappa shape index (κ3) is 4.01. The van der Waals surface area contributed by atoms with Gasteiger partial charge in [0.05, 0.1) is 22.6 Å². The number of hydrogen-bond acceptors (Lipinski definition) is 5. The summed E-state index contributed by atoms with van der Waals surface area (Å²) < 4.78 is 36.6. The Morgan fingerprint density at radius 1 is 1.32 bits per heavy atom. The molecule has 0 spiro atoms. The van der Waals surface area contributed by atoms with Gasteiger partial charge in [0.15, 0.2) is 6.29 Å². The van der Waals surface area contributed by atoms with Gasteiger partial charge < -0.3 is 9.47 Å². The van der Waals surface area contributed by atoms with Gasteiger partial charge in [0, 0.05) is 14.2 Å². The van der Waals surface area contributed by atoms with Crippen LogP contribution in [0.15, 0.2) is 29.2 Å². The van der Waals surface area contributed by atoms with E-state index in [1.165, 1.54) is 38.5 Å². The third-order valence-electron chi connectivity index (χ3n) is 2.49. The van der Waals surface area contributed by atoms with Crippen LogP contribution < -0.4 is 4.72 Å². The van der Waals surface area contributed by atoms with Crippen molar-refractivity contribution in [2.75, 3.05) is 14.2 Å². The zero-order valence-corrected chi connectivity index (χ0v) is 11.8. The topological polar surface area (TPSA) is 88.4 Å². The molecule has 1 unspecified atom stereocenters. The van der Waals surface area contributed by atoms with Crippen LogP contribution >= 0.6 is 0 Å². The molecule has 0 radical (unpaired) electrons. The molecule has 19 heavy (non-hydrogen) atoms. The summed E-state index contributed by atoms with van der Waals surface area (Å²) in [6, 6.07) is 7.12. The fourth-order valence-electron chi connectivity index (χ4n) is 1.61. The summed E-state index contributed by atoms with van der Waals surface area (Å²) in [6.07, 6.45) is -0.686.